The first-order chi connectivity index (χ1) is 11.2. The molecule has 0 saturated heterocycles. The van der Waals surface area contributed by atoms with Gasteiger partial charge in [0.1, 0.15) is 11.5 Å². The van der Waals surface area contributed by atoms with E-state index in [-0.39, 0.29) is 17.9 Å². The van der Waals surface area contributed by atoms with E-state index < -0.39 is 22.4 Å². The zero-order chi connectivity index (χ0) is 17.6. The highest BCUT2D eigenvalue weighted by Gasteiger charge is 2.49. The van der Waals surface area contributed by atoms with E-state index >= 15 is 0 Å². The Kier molecular flexibility index (Phi) is 3.76. The maximum atomic E-state index is 12.3. The summed E-state index contributed by atoms with van der Waals surface area (Å²) < 4.78 is 5.26. The van der Waals surface area contributed by atoms with Crippen LogP contribution in [-0.4, -0.2) is 26.6 Å². The number of carbonyl (C=O) groups excluding carboxylic acids is 1. The van der Waals surface area contributed by atoms with Gasteiger partial charge in [0.25, 0.3) is 5.69 Å². The van der Waals surface area contributed by atoms with Gasteiger partial charge in [-0.1, -0.05) is 17.3 Å². The van der Waals surface area contributed by atoms with E-state index in [1.54, 1.807) is 26.0 Å². The fourth-order valence-electron chi connectivity index (χ4n) is 3.79. The van der Waals surface area contributed by atoms with Gasteiger partial charge in [-0.25, -0.2) is 0 Å². The van der Waals surface area contributed by atoms with Crippen LogP contribution in [0.25, 0.3) is 0 Å². The second-order valence-corrected chi connectivity index (χ2v) is 6.55. The van der Waals surface area contributed by atoms with Crippen LogP contribution >= 0.6 is 0 Å². The molecule has 1 heterocycles. The average molecular weight is 330 g/mol. The predicted octanol–water partition coefficient (Wildman–Crippen LogP) is 2.54. The fourth-order valence-corrected chi connectivity index (χ4v) is 3.79. The first-order valence-electron chi connectivity index (χ1n) is 7.64. The minimum Gasteiger partial charge on any atom is -0.389 e. The van der Waals surface area contributed by atoms with Crippen molar-refractivity contribution in [2.45, 2.75) is 38.7 Å². The van der Waals surface area contributed by atoms with Crippen molar-refractivity contribution in [2.24, 2.45) is 5.92 Å². The summed E-state index contributed by atoms with van der Waals surface area (Å²) in [6.45, 7) is 4.76. The summed E-state index contributed by atoms with van der Waals surface area (Å²) in [7, 11) is 0. The number of benzene rings is 1. The topological polar surface area (TPSA) is 106 Å². The van der Waals surface area contributed by atoms with Gasteiger partial charge >= 0.3 is 0 Å². The number of aryl methyl sites for hydroxylation is 1. The van der Waals surface area contributed by atoms with Gasteiger partial charge in [0.15, 0.2) is 0 Å². The summed E-state index contributed by atoms with van der Waals surface area (Å²) in [6, 6.07) is 6.15. The van der Waals surface area contributed by atoms with E-state index in [1.165, 1.54) is 19.1 Å². The average Bonchev–Trinajstić information content (AvgIpc) is 2.85. The summed E-state index contributed by atoms with van der Waals surface area (Å²) in [4.78, 5) is 22.9. The van der Waals surface area contributed by atoms with Crippen molar-refractivity contribution in [3.63, 3.8) is 0 Å². The van der Waals surface area contributed by atoms with E-state index in [9.17, 15) is 20.0 Å². The van der Waals surface area contributed by atoms with Crippen molar-refractivity contribution in [1.29, 1.82) is 0 Å². The molecular weight excluding hydrogens is 312 g/mol. The Morgan fingerprint density at radius 2 is 2.21 bits per heavy atom. The van der Waals surface area contributed by atoms with Crippen molar-refractivity contribution in [3.05, 3.63) is 57.0 Å². The Morgan fingerprint density at radius 1 is 1.50 bits per heavy atom. The molecule has 0 bridgehead atoms. The number of nitro groups is 1. The van der Waals surface area contributed by atoms with Crippen molar-refractivity contribution in [3.8, 4) is 0 Å². The number of aromatic nitrogens is 1. The van der Waals surface area contributed by atoms with Crippen molar-refractivity contribution in [2.75, 3.05) is 0 Å². The van der Waals surface area contributed by atoms with Gasteiger partial charge in [-0.05, 0) is 26.3 Å². The molecule has 0 saturated carbocycles. The molecule has 3 rings (SSSR count). The van der Waals surface area contributed by atoms with E-state index in [0.717, 1.165) is 5.56 Å². The van der Waals surface area contributed by atoms with Crippen LogP contribution in [0.3, 0.4) is 0 Å². The monoisotopic (exact) mass is 330 g/mol. The number of ketones is 1. The number of hydrogen-bond acceptors (Lipinski definition) is 6. The van der Waals surface area contributed by atoms with Gasteiger partial charge in [0, 0.05) is 30.0 Å². The molecule has 1 aliphatic rings. The molecule has 24 heavy (non-hydrogen) atoms. The number of fused-ring (bicyclic) bond motifs is 1. The number of Topliss-reactive ketones (excluding diaryl/α,β-unsaturated/α-hetero) is 1. The predicted molar refractivity (Wildman–Crippen MR) is 84.7 cm³/mol. The molecule has 1 aromatic carbocycles. The van der Waals surface area contributed by atoms with Crippen molar-refractivity contribution >= 4 is 11.5 Å². The van der Waals surface area contributed by atoms with Gasteiger partial charge in [0.2, 0.25) is 0 Å². The van der Waals surface area contributed by atoms with E-state index in [1.807, 2.05) is 0 Å². The molecule has 0 aliphatic heterocycles. The number of hydrogen-bond donors (Lipinski definition) is 1. The summed E-state index contributed by atoms with van der Waals surface area (Å²) >= 11 is 0. The fraction of sp³-hybridized carbons (Fsp3) is 0.412. The molecule has 7 nitrogen and oxygen atoms in total. The molecule has 1 aliphatic carbocycles. The Bertz CT molecular complexity index is 824. The summed E-state index contributed by atoms with van der Waals surface area (Å²) in [5, 5.41) is 25.9. The SMILES string of the molecule is CC(=O)[C@H]1[C@H](c2cccc([N+](=O)[O-])c2)c2c(noc2C)C[C@]1(C)O. The van der Waals surface area contributed by atoms with Crippen molar-refractivity contribution < 1.29 is 19.3 Å². The number of nitrogens with zero attached hydrogens (tertiary/aromatic N) is 2. The zero-order valence-corrected chi connectivity index (χ0v) is 13.6. The van der Waals surface area contributed by atoms with E-state index in [2.05, 4.69) is 5.16 Å². The smallest absolute Gasteiger partial charge is 0.269 e. The number of aliphatic hydroxyl groups is 1. The maximum Gasteiger partial charge on any atom is 0.269 e. The summed E-state index contributed by atoms with van der Waals surface area (Å²) in [5.41, 5.74) is 0.554. The first kappa shape index (κ1) is 16.3. The van der Waals surface area contributed by atoms with Gasteiger partial charge < -0.3 is 9.63 Å². The Balaban J connectivity index is 2.24. The molecule has 0 radical (unpaired) electrons. The summed E-state index contributed by atoms with van der Waals surface area (Å²) in [6.07, 6.45) is 0.204. The first-order valence-corrected chi connectivity index (χ1v) is 7.64. The molecule has 0 fully saturated rings. The third-order valence-corrected chi connectivity index (χ3v) is 4.70. The lowest BCUT2D eigenvalue weighted by Crippen LogP contribution is -2.48. The molecule has 1 N–H and O–H groups in total. The van der Waals surface area contributed by atoms with Crippen LogP contribution < -0.4 is 0 Å². The van der Waals surface area contributed by atoms with Crippen LogP contribution in [0.5, 0.6) is 0 Å². The standard InChI is InChI=1S/C17H18N2O5/c1-9(20)16-15(11-5-4-6-12(7-11)19(22)23)14-10(2)24-18-13(14)8-17(16,3)21/h4-7,15-16,21H,8H2,1-3H3/t15-,16+,17+/m1/s1. The lowest BCUT2D eigenvalue weighted by Gasteiger charge is -2.40. The Labute approximate surface area is 138 Å². The number of non-ortho nitro benzene ring substituents is 1. The maximum absolute atomic E-state index is 12.3. The van der Waals surface area contributed by atoms with Gasteiger partial charge in [-0.15, -0.1) is 0 Å². The second-order valence-electron chi connectivity index (χ2n) is 6.55. The molecule has 0 unspecified atom stereocenters. The van der Waals surface area contributed by atoms with Crippen LogP contribution in [0.1, 0.15) is 42.3 Å². The molecule has 7 heteroatoms. The van der Waals surface area contributed by atoms with Gasteiger partial charge in [-0.3, -0.25) is 14.9 Å². The molecular formula is C17H18N2O5. The molecule has 0 spiro atoms. The highest BCUT2D eigenvalue weighted by molar-refractivity contribution is 5.82. The van der Waals surface area contributed by atoms with Crippen LogP contribution in [0, 0.1) is 23.0 Å². The molecule has 1 aromatic heterocycles. The van der Waals surface area contributed by atoms with Gasteiger partial charge in [-0.2, -0.15) is 0 Å². The molecule has 3 atom stereocenters. The van der Waals surface area contributed by atoms with Crippen LogP contribution in [0.4, 0.5) is 5.69 Å². The zero-order valence-electron chi connectivity index (χ0n) is 13.6. The molecule has 2 aromatic rings. The van der Waals surface area contributed by atoms with E-state index in [4.69, 9.17) is 4.52 Å². The lowest BCUT2D eigenvalue weighted by molar-refractivity contribution is -0.384. The Morgan fingerprint density at radius 3 is 2.83 bits per heavy atom. The number of nitro benzene ring substituents is 1. The minimum absolute atomic E-state index is 0.0596. The van der Waals surface area contributed by atoms with Gasteiger partial charge in [0.05, 0.1) is 22.1 Å². The largest absolute Gasteiger partial charge is 0.389 e. The third-order valence-electron chi connectivity index (χ3n) is 4.70. The van der Waals surface area contributed by atoms with E-state index in [0.29, 0.717) is 17.0 Å². The Hall–Kier alpha value is -2.54. The quantitative estimate of drug-likeness (QED) is 0.684. The second kappa shape index (κ2) is 5.52. The molecule has 126 valence electrons. The minimum atomic E-state index is -1.31. The lowest BCUT2D eigenvalue weighted by atomic mass is 9.64. The highest BCUT2D eigenvalue weighted by atomic mass is 16.6. The number of rotatable bonds is 3. The highest BCUT2D eigenvalue weighted by Crippen LogP contribution is 2.47. The van der Waals surface area contributed by atoms with Crippen LogP contribution in [-0.2, 0) is 11.2 Å². The van der Waals surface area contributed by atoms with Crippen LogP contribution in [0.15, 0.2) is 28.8 Å². The normalized spacial score (nSPS) is 26.0. The third kappa shape index (κ3) is 2.50. The van der Waals surface area contributed by atoms with Crippen LogP contribution in [0.2, 0.25) is 0 Å². The summed E-state index contributed by atoms with van der Waals surface area (Å²) in [5.74, 6) is -0.886. The van der Waals surface area contributed by atoms with Crippen molar-refractivity contribution in [1.82, 2.24) is 5.16 Å². The number of carbonyl (C=O) groups is 1. The molecule has 0 amide bonds.